The normalized spacial score (nSPS) is 19.2. The first-order valence-electron chi connectivity index (χ1n) is 9.38. The number of aryl methyl sites for hydroxylation is 3. The summed E-state index contributed by atoms with van der Waals surface area (Å²) in [6.07, 6.45) is 7.87. The maximum atomic E-state index is 12.7. The van der Waals surface area contributed by atoms with Crippen molar-refractivity contribution in [1.82, 2.24) is 24.2 Å². The van der Waals surface area contributed by atoms with E-state index in [0.717, 1.165) is 31.6 Å². The van der Waals surface area contributed by atoms with Crippen molar-refractivity contribution < 1.29 is 4.79 Å². The van der Waals surface area contributed by atoms with Gasteiger partial charge >= 0.3 is 0 Å². The molecule has 0 spiro atoms. The van der Waals surface area contributed by atoms with Gasteiger partial charge in [-0.1, -0.05) is 6.42 Å². The number of carbonyl (C=O) groups is 1. The third kappa shape index (κ3) is 2.87. The number of imidazole rings is 1. The maximum absolute atomic E-state index is 12.7. The van der Waals surface area contributed by atoms with Crippen molar-refractivity contribution in [2.75, 3.05) is 13.1 Å². The van der Waals surface area contributed by atoms with E-state index in [-0.39, 0.29) is 5.91 Å². The molecule has 0 aromatic carbocycles. The number of piperidine rings is 1. The summed E-state index contributed by atoms with van der Waals surface area (Å²) in [5.74, 6) is 1.97. The van der Waals surface area contributed by atoms with Gasteiger partial charge in [0.1, 0.15) is 5.82 Å². The number of nitrogens with zero attached hydrogens (tertiary/aromatic N) is 5. The minimum absolute atomic E-state index is 0.0590. The quantitative estimate of drug-likeness (QED) is 0.862. The highest BCUT2D eigenvalue weighted by Crippen LogP contribution is 2.38. The van der Waals surface area contributed by atoms with Gasteiger partial charge in [-0.15, -0.1) is 0 Å². The van der Waals surface area contributed by atoms with Crippen LogP contribution in [0, 0.1) is 13.8 Å². The monoisotopic (exact) mass is 341 g/mol. The first-order valence-corrected chi connectivity index (χ1v) is 9.38. The van der Waals surface area contributed by atoms with Gasteiger partial charge in [-0.05, 0) is 45.6 Å². The van der Waals surface area contributed by atoms with Gasteiger partial charge in [-0.25, -0.2) is 4.98 Å². The second-order valence-corrected chi connectivity index (χ2v) is 7.57. The molecule has 6 nitrogen and oxygen atoms in total. The zero-order valence-corrected chi connectivity index (χ0v) is 15.4. The molecule has 0 N–H and O–H groups in total. The number of carbonyl (C=O) groups excluding carboxylic acids is 1. The summed E-state index contributed by atoms with van der Waals surface area (Å²) in [4.78, 5) is 19.3. The fraction of sp³-hybridized carbons (Fsp3) is 0.632. The first kappa shape index (κ1) is 16.4. The molecule has 2 aromatic rings. The minimum atomic E-state index is 0.0590. The van der Waals surface area contributed by atoms with Crippen molar-refractivity contribution >= 4 is 5.91 Å². The van der Waals surface area contributed by atoms with Crippen LogP contribution in [0.2, 0.25) is 0 Å². The third-order valence-corrected chi connectivity index (χ3v) is 5.93. The van der Waals surface area contributed by atoms with Gasteiger partial charge in [0.2, 0.25) is 0 Å². The van der Waals surface area contributed by atoms with Crippen molar-refractivity contribution in [3.63, 3.8) is 0 Å². The molecule has 1 aliphatic heterocycles. The number of hydrogen-bond acceptors (Lipinski definition) is 3. The molecule has 2 aromatic heterocycles. The summed E-state index contributed by atoms with van der Waals surface area (Å²) >= 11 is 0. The molecule has 0 unspecified atom stereocenters. The number of likely N-dealkylation sites (tertiary alicyclic amines) is 1. The molecule has 4 rings (SSSR count). The van der Waals surface area contributed by atoms with E-state index in [1.807, 2.05) is 31.1 Å². The van der Waals surface area contributed by atoms with Crippen LogP contribution in [0.25, 0.3) is 0 Å². The van der Waals surface area contributed by atoms with Crippen LogP contribution in [0.4, 0.5) is 0 Å². The Morgan fingerprint density at radius 2 is 1.84 bits per heavy atom. The topological polar surface area (TPSA) is 56.0 Å². The molecule has 0 radical (unpaired) electrons. The molecule has 0 atom stereocenters. The molecule has 3 heterocycles. The average Bonchev–Trinajstić information content (AvgIpc) is 3.09. The maximum Gasteiger partial charge on any atom is 0.274 e. The number of amides is 1. The lowest BCUT2D eigenvalue weighted by atomic mass is 9.84. The fourth-order valence-electron chi connectivity index (χ4n) is 4.06. The molecular formula is C19H27N5O. The average molecular weight is 341 g/mol. The van der Waals surface area contributed by atoms with Crippen LogP contribution in [0.3, 0.4) is 0 Å². The van der Waals surface area contributed by atoms with Crippen LogP contribution in [0.5, 0.6) is 0 Å². The van der Waals surface area contributed by atoms with Crippen LogP contribution >= 0.6 is 0 Å². The van der Waals surface area contributed by atoms with Gasteiger partial charge < -0.3 is 9.47 Å². The van der Waals surface area contributed by atoms with E-state index in [9.17, 15) is 4.79 Å². The smallest absolute Gasteiger partial charge is 0.274 e. The summed E-state index contributed by atoms with van der Waals surface area (Å²) in [6.45, 7) is 5.71. The standard InChI is InChI=1S/C19H27N5O/c1-13-11-17(21-22(13)3)19(25)23-9-7-16(8-10-23)24-14(2)12-20-18(24)15-5-4-6-15/h11-12,15-16H,4-10H2,1-3H3. The SMILES string of the molecule is Cc1cc(C(=O)N2CCC(n3c(C)cnc3C3CCC3)CC2)nn1C. The Labute approximate surface area is 148 Å². The lowest BCUT2D eigenvalue weighted by Crippen LogP contribution is -2.40. The minimum Gasteiger partial charge on any atom is -0.337 e. The van der Waals surface area contributed by atoms with Crippen molar-refractivity contribution in [2.24, 2.45) is 7.05 Å². The molecule has 2 aliphatic rings. The predicted octanol–water partition coefficient (Wildman–Crippen LogP) is 2.98. The Kier molecular flexibility index (Phi) is 4.13. The summed E-state index contributed by atoms with van der Waals surface area (Å²) in [7, 11) is 1.88. The van der Waals surface area contributed by atoms with Gasteiger partial charge in [0.25, 0.3) is 5.91 Å². The van der Waals surface area contributed by atoms with E-state index in [1.165, 1.54) is 30.8 Å². The van der Waals surface area contributed by atoms with Crippen LogP contribution < -0.4 is 0 Å². The Bertz CT molecular complexity index is 758. The van der Waals surface area contributed by atoms with Gasteiger partial charge in [0.05, 0.1) is 0 Å². The van der Waals surface area contributed by atoms with E-state index in [1.54, 1.807) is 4.68 Å². The zero-order chi connectivity index (χ0) is 17.6. The van der Waals surface area contributed by atoms with Gasteiger partial charge in [-0.3, -0.25) is 9.48 Å². The van der Waals surface area contributed by atoms with Crippen LogP contribution in [0.1, 0.15) is 71.8 Å². The summed E-state index contributed by atoms with van der Waals surface area (Å²) < 4.78 is 4.22. The largest absolute Gasteiger partial charge is 0.337 e. The van der Waals surface area contributed by atoms with Crippen LogP contribution in [-0.4, -0.2) is 43.2 Å². The summed E-state index contributed by atoms with van der Waals surface area (Å²) in [6, 6.07) is 2.34. The van der Waals surface area contributed by atoms with Crippen LogP contribution in [0.15, 0.2) is 12.3 Å². The molecule has 1 aliphatic carbocycles. The predicted molar refractivity (Wildman–Crippen MR) is 95.7 cm³/mol. The van der Waals surface area contributed by atoms with E-state index in [2.05, 4.69) is 16.6 Å². The first-order chi connectivity index (χ1) is 12.0. The second-order valence-electron chi connectivity index (χ2n) is 7.57. The lowest BCUT2D eigenvalue weighted by Gasteiger charge is -2.35. The molecule has 1 saturated carbocycles. The molecule has 1 saturated heterocycles. The van der Waals surface area contributed by atoms with E-state index in [4.69, 9.17) is 4.98 Å². The highest BCUT2D eigenvalue weighted by Gasteiger charge is 2.31. The Morgan fingerprint density at radius 1 is 1.12 bits per heavy atom. The second kappa shape index (κ2) is 6.32. The Morgan fingerprint density at radius 3 is 2.40 bits per heavy atom. The van der Waals surface area contributed by atoms with Crippen molar-refractivity contribution in [3.05, 3.63) is 35.2 Å². The highest BCUT2D eigenvalue weighted by atomic mass is 16.2. The molecular weight excluding hydrogens is 314 g/mol. The van der Waals surface area contributed by atoms with Crippen LogP contribution in [-0.2, 0) is 7.05 Å². The van der Waals surface area contributed by atoms with Crippen molar-refractivity contribution in [3.8, 4) is 0 Å². The highest BCUT2D eigenvalue weighted by molar-refractivity contribution is 5.92. The molecule has 25 heavy (non-hydrogen) atoms. The van der Waals surface area contributed by atoms with Crippen molar-refractivity contribution in [1.29, 1.82) is 0 Å². The summed E-state index contributed by atoms with van der Waals surface area (Å²) in [5, 5.41) is 4.33. The third-order valence-electron chi connectivity index (χ3n) is 5.93. The molecule has 6 heteroatoms. The van der Waals surface area contributed by atoms with E-state index < -0.39 is 0 Å². The summed E-state index contributed by atoms with van der Waals surface area (Å²) in [5.41, 5.74) is 2.83. The lowest BCUT2D eigenvalue weighted by molar-refractivity contribution is 0.0685. The Balaban J connectivity index is 1.45. The number of aromatic nitrogens is 4. The molecule has 134 valence electrons. The fourth-order valence-corrected chi connectivity index (χ4v) is 4.06. The Hall–Kier alpha value is -2.11. The molecule has 2 fully saturated rings. The van der Waals surface area contributed by atoms with Crippen molar-refractivity contribution in [2.45, 2.75) is 57.9 Å². The number of rotatable bonds is 3. The van der Waals surface area contributed by atoms with Gasteiger partial charge in [0.15, 0.2) is 5.69 Å². The van der Waals surface area contributed by atoms with E-state index in [0.29, 0.717) is 17.7 Å². The van der Waals surface area contributed by atoms with Gasteiger partial charge in [-0.2, -0.15) is 5.10 Å². The van der Waals surface area contributed by atoms with E-state index >= 15 is 0 Å². The zero-order valence-electron chi connectivity index (χ0n) is 15.4. The molecule has 0 bridgehead atoms. The van der Waals surface area contributed by atoms with Gasteiger partial charge in [0, 0.05) is 49.7 Å². The number of hydrogen-bond donors (Lipinski definition) is 0. The molecule has 1 amide bonds.